The SMILES string of the molecule is CC(C)CN1CCCC(C(=O)O)C1(C)C. The lowest BCUT2D eigenvalue weighted by atomic mass is 9.78. The van der Waals surface area contributed by atoms with E-state index in [0.717, 1.165) is 25.9 Å². The van der Waals surface area contributed by atoms with Crippen molar-refractivity contribution in [2.75, 3.05) is 13.1 Å². The summed E-state index contributed by atoms with van der Waals surface area (Å²) >= 11 is 0. The summed E-state index contributed by atoms with van der Waals surface area (Å²) in [6.07, 6.45) is 1.82. The molecular formula is C12H23NO2. The third-order valence-electron chi connectivity index (χ3n) is 3.47. The molecule has 1 atom stereocenters. The number of hydrogen-bond acceptors (Lipinski definition) is 2. The van der Waals surface area contributed by atoms with Crippen LogP contribution in [0.4, 0.5) is 0 Å². The largest absolute Gasteiger partial charge is 0.481 e. The first-order valence-electron chi connectivity index (χ1n) is 5.83. The van der Waals surface area contributed by atoms with Crippen LogP contribution in [-0.2, 0) is 4.79 Å². The van der Waals surface area contributed by atoms with Crippen molar-refractivity contribution >= 4 is 5.97 Å². The molecule has 1 aliphatic heterocycles. The van der Waals surface area contributed by atoms with E-state index >= 15 is 0 Å². The van der Waals surface area contributed by atoms with Crippen LogP contribution in [0.15, 0.2) is 0 Å². The summed E-state index contributed by atoms with van der Waals surface area (Å²) in [6, 6.07) is 0. The molecule has 0 radical (unpaired) electrons. The maximum absolute atomic E-state index is 11.2. The molecule has 0 aromatic rings. The maximum Gasteiger partial charge on any atom is 0.308 e. The molecule has 1 rings (SSSR count). The Bertz CT molecular complexity index is 236. The van der Waals surface area contributed by atoms with Gasteiger partial charge in [0, 0.05) is 12.1 Å². The van der Waals surface area contributed by atoms with E-state index in [1.165, 1.54) is 0 Å². The molecule has 0 bridgehead atoms. The Kier molecular flexibility index (Phi) is 3.77. The highest BCUT2D eigenvalue weighted by Crippen LogP contribution is 2.33. The molecule has 1 heterocycles. The van der Waals surface area contributed by atoms with Crippen molar-refractivity contribution in [1.82, 2.24) is 4.90 Å². The third kappa shape index (κ3) is 2.71. The van der Waals surface area contributed by atoms with Gasteiger partial charge in [0.25, 0.3) is 0 Å². The third-order valence-corrected chi connectivity index (χ3v) is 3.47. The second-order valence-corrected chi connectivity index (χ2v) is 5.53. The Morgan fingerprint density at radius 3 is 2.60 bits per heavy atom. The van der Waals surface area contributed by atoms with Crippen LogP contribution in [0.5, 0.6) is 0 Å². The van der Waals surface area contributed by atoms with E-state index in [-0.39, 0.29) is 11.5 Å². The van der Waals surface area contributed by atoms with Crippen LogP contribution >= 0.6 is 0 Å². The van der Waals surface area contributed by atoms with Gasteiger partial charge in [0.15, 0.2) is 0 Å². The maximum atomic E-state index is 11.2. The van der Waals surface area contributed by atoms with Crippen molar-refractivity contribution in [3.8, 4) is 0 Å². The molecule has 0 amide bonds. The summed E-state index contributed by atoms with van der Waals surface area (Å²) in [5.74, 6) is -0.268. The van der Waals surface area contributed by atoms with Crippen molar-refractivity contribution in [2.24, 2.45) is 11.8 Å². The summed E-state index contributed by atoms with van der Waals surface area (Å²) in [5, 5.41) is 9.20. The van der Waals surface area contributed by atoms with Gasteiger partial charge in [-0.3, -0.25) is 9.69 Å². The molecule has 1 unspecified atom stereocenters. The van der Waals surface area contributed by atoms with Crippen molar-refractivity contribution < 1.29 is 9.90 Å². The predicted octanol–water partition coefficient (Wildman–Crippen LogP) is 2.22. The van der Waals surface area contributed by atoms with Crippen LogP contribution in [-0.4, -0.2) is 34.6 Å². The van der Waals surface area contributed by atoms with Gasteiger partial charge in [-0.25, -0.2) is 0 Å². The summed E-state index contributed by atoms with van der Waals surface area (Å²) in [6.45, 7) is 10.5. The summed E-state index contributed by atoms with van der Waals surface area (Å²) in [7, 11) is 0. The second kappa shape index (κ2) is 4.52. The molecule has 3 heteroatoms. The molecule has 0 spiro atoms. The van der Waals surface area contributed by atoms with Crippen LogP contribution in [0.2, 0.25) is 0 Å². The first-order chi connectivity index (χ1) is 6.85. The second-order valence-electron chi connectivity index (χ2n) is 5.53. The van der Waals surface area contributed by atoms with Crippen molar-refractivity contribution in [3.63, 3.8) is 0 Å². The molecule has 3 nitrogen and oxygen atoms in total. The lowest BCUT2D eigenvalue weighted by Crippen LogP contribution is -2.56. The topological polar surface area (TPSA) is 40.5 Å². The van der Waals surface area contributed by atoms with Gasteiger partial charge in [-0.15, -0.1) is 0 Å². The first kappa shape index (κ1) is 12.5. The smallest absolute Gasteiger partial charge is 0.308 e. The number of nitrogens with zero attached hydrogens (tertiary/aromatic N) is 1. The molecular weight excluding hydrogens is 190 g/mol. The molecule has 0 saturated carbocycles. The zero-order valence-corrected chi connectivity index (χ0v) is 10.3. The van der Waals surface area contributed by atoms with E-state index in [4.69, 9.17) is 0 Å². The quantitative estimate of drug-likeness (QED) is 0.781. The van der Waals surface area contributed by atoms with E-state index in [0.29, 0.717) is 5.92 Å². The van der Waals surface area contributed by atoms with E-state index < -0.39 is 5.97 Å². The molecule has 0 aliphatic carbocycles. The predicted molar refractivity (Wildman–Crippen MR) is 60.8 cm³/mol. The number of rotatable bonds is 3. The van der Waals surface area contributed by atoms with Gasteiger partial charge >= 0.3 is 5.97 Å². The van der Waals surface area contributed by atoms with E-state index in [1.54, 1.807) is 0 Å². The summed E-state index contributed by atoms with van der Waals surface area (Å²) in [4.78, 5) is 13.5. The highest BCUT2D eigenvalue weighted by atomic mass is 16.4. The van der Waals surface area contributed by atoms with Gasteiger partial charge in [0.1, 0.15) is 0 Å². The van der Waals surface area contributed by atoms with Crippen LogP contribution in [0.25, 0.3) is 0 Å². The molecule has 1 N–H and O–H groups in total. The highest BCUT2D eigenvalue weighted by Gasteiger charge is 2.42. The Balaban J connectivity index is 2.77. The van der Waals surface area contributed by atoms with Crippen molar-refractivity contribution in [3.05, 3.63) is 0 Å². The molecule has 0 aromatic carbocycles. The lowest BCUT2D eigenvalue weighted by molar-refractivity contribution is -0.150. The van der Waals surface area contributed by atoms with Crippen LogP contribution in [0, 0.1) is 11.8 Å². The fraction of sp³-hybridized carbons (Fsp3) is 0.917. The molecule has 1 saturated heterocycles. The van der Waals surface area contributed by atoms with Crippen molar-refractivity contribution in [2.45, 2.75) is 46.1 Å². The monoisotopic (exact) mass is 213 g/mol. The lowest BCUT2D eigenvalue weighted by Gasteiger charge is -2.47. The van der Waals surface area contributed by atoms with E-state index in [9.17, 15) is 9.90 Å². The average Bonchev–Trinajstić information content (AvgIpc) is 2.06. The molecule has 1 aliphatic rings. The summed E-state index contributed by atoms with van der Waals surface area (Å²) in [5.41, 5.74) is -0.200. The number of piperidine rings is 1. The Hall–Kier alpha value is -0.570. The number of carboxylic acid groups (broad SMARTS) is 1. The molecule has 15 heavy (non-hydrogen) atoms. The first-order valence-corrected chi connectivity index (χ1v) is 5.83. The minimum Gasteiger partial charge on any atom is -0.481 e. The van der Waals surface area contributed by atoms with Gasteiger partial charge in [-0.05, 0) is 39.2 Å². The van der Waals surface area contributed by atoms with E-state index in [1.807, 2.05) is 0 Å². The van der Waals surface area contributed by atoms with Gasteiger partial charge < -0.3 is 5.11 Å². The van der Waals surface area contributed by atoms with Gasteiger partial charge in [0.05, 0.1) is 5.92 Å². The van der Waals surface area contributed by atoms with Crippen molar-refractivity contribution in [1.29, 1.82) is 0 Å². The molecule has 1 fully saturated rings. The average molecular weight is 213 g/mol. The number of carboxylic acids is 1. The zero-order chi connectivity index (χ0) is 11.6. The fourth-order valence-electron chi connectivity index (χ4n) is 2.54. The zero-order valence-electron chi connectivity index (χ0n) is 10.3. The number of carbonyl (C=O) groups is 1. The van der Waals surface area contributed by atoms with E-state index in [2.05, 4.69) is 32.6 Å². The van der Waals surface area contributed by atoms with Crippen LogP contribution < -0.4 is 0 Å². The number of hydrogen-bond donors (Lipinski definition) is 1. The van der Waals surface area contributed by atoms with Crippen LogP contribution in [0.1, 0.15) is 40.5 Å². The van der Waals surface area contributed by atoms with Gasteiger partial charge in [-0.1, -0.05) is 13.8 Å². The number of aliphatic carboxylic acids is 1. The van der Waals surface area contributed by atoms with Crippen LogP contribution in [0.3, 0.4) is 0 Å². The minimum atomic E-state index is -0.645. The molecule has 88 valence electrons. The number of likely N-dealkylation sites (tertiary alicyclic amines) is 1. The fourth-order valence-corrected chi connectivity index (χ4v) is 2.54. The van der Waals surface area contributed by atoms with Gasteiger partial charge in [-0.2, -0.15) is 0 Å². The Morgan fingerprint density at radius 1 is 1.53 bits per heavy atom. The summed E-state index contributed by atoms with van der Waals surface area (Å²) < 4.78 is 0. The Morgan fingerprint density at radius 2 is 2.13 bits per heavy atom. The highest BCUT2D eigenvalue weighted by molar-refractivity contribution is 5.71. The standard InChI is InChI=1S/C12H23NO2/c1-9(2)8-13-7-5-6-10(11(14)15)12(13,3)4/h9-10H,5-8H2,1-4H3,(H,14,15). The molecule has 0 aromatic heterocycles. The minimum absolute atomic E-state index is 0.200. The normalized spacial score (nSPS) is 26.9. The van der Waals surface area contributed by atoms with Gasteiger partial charge in [0.2, 0.25) is 0 Å². The Labute approximate surface area is 92.5 Å².